The first-order valence-corrected chi connectivity index (χ1v) is 4.49. The molecule has 0 amide bonds. The number of hydrogen-bond acceptors (Lipinski definition) is 3. The highest BCUT2D eigenvalue weighted by atomic mass is 14.3. The fourth-order valence-electron chi connectivity index (χ4n) is 1.55. The summed E-state index contributed by atoms with van der Waals surface area (Å²) < 4.78 is 0. The van der Waals surface area contributed by atoms with Crippen molar-refractivity contribution in [2.24, 2.45) is 0 Å². The highest BCUT2D eigenvalue weighted by Crippen LogP contribution is 2.22. The first kappa shape index (κ1) is 9.71. The first-order valence-electron chi connectivity index (χ1n) is 4.49. The Kier molecular flexibility index (Phi) is 2.27. The van der Waals surface area contributed by atoms with Crippen molar-refractivity contribution in [3.05, 3.63) is 47.0 Å². The van der Waals surface area contributed by atoms with Gasteiger partial charge in [0.15, 0.2) is 0 Å². The van der Waals surface area contributed by atoms with Crippen LogP contribution in [0.4, 0.5) is 0 Å². The number of nitrogens with zero attached hydrogens (tertiary/aromatic N) is 3. The summed E-state index contributed by atoms with van der Waals surface area (Å²) >= 11 is 0. The number of hydrogen-bond donors (Lipinski definition) is 0. The van der Waals surface area contributed by atoms with Crippen LogP contribution in [-0.2, 0) is 0 Å². The third-order valence-corrected chi connectivity index (χ3v) is 2.26. The molecule has 0 atom stereocenters. The van der Waals surface area contributed by atoms with Crippen LogP contribution in [0.1, 0.15) is 16.7 Å². The molecule has 2 rings (SSSR count). The van der Waals surface area contributed by atoms with Crippen LogP contribution in [0.3, 0.4) is 0 Å². The van der Waals surface area contributed by atoms with Gasteiger partial charge < -0.3 is 0 Å². The van der Waals surface area contributed by atoms with Crippen molar-refractivity contribution >= 4 is 10.8 Å². The third-order valence-electron chi connectivity index (χ3n) is 2.26. The molecule has 0 N–H and O–H groups in total. The Morgan fingerprint density at radius 2 is 1.69 bits per heavy atom. The van der Waals surface area contributed by atoms with Crippen molar-refractivity contribution < 1.29 is 0 Å². The second-order valence-electron chi connectivity index (χ2n) is 3.16. The van der Waals surface area contributed by atoms with E-state index in [1.54, 1.807) is 18.2 Å². The Morgan fingerprint density at radius 1 is 0.938 bits per heavy atom. The van der Waals surface area contributed by atoms with Gasteiger partial charge in [0.1, 0.15) is 0 Å². The molecule has 0 spiro atoms. The summed E-state index contributed by atoms with van der Waals surface area (Å²) in [6.07, 6.45) is 0. The van der Waals surface area contributed by atoms with E-state index in [0.717, 1.165) is 0 Å². The smallest absolute Gasteiger partial charge is 0.0998 e. The summed E-state index contributed by atoms with van der Waals surface area (Å²) in [5, 5.41) is 27.9. The zero-order valence-electron chi connectivity index (χ0n) is 8.15. The third kappa shape index (κ3) is 1.36. The molecule has 3 heteroatoms. The van der Waals surface area contributed by atoms with Crippen LogP contribution in [0.25, 0.3) is 10.8 Å². The molecule has 0 unspecified atom stereocenters. The minimum atomic E-state index is 0.270. The maximum atomic E-state index is 8.96. The van der Waals surface area contributed by atoms with E-state index < -0.39 is 0 Å². The molecule has 0 saturated carbocycles. The molecule has 2 aromatic rings. The molecule has 0 aliphatic rings. The molecular formula is C13H4N3. The second-order valence-corrected chi connectivity index (χ2v) is 3.16. The number of nitriles is 3. The van der Waals surface area contributed by atoms with Gasteiger partial charge in [-0.1, -0.05) is 12.1 Å². The SMILES string of the molecule is N#Cc1[c]c2c(C#N)cccc2c(C#N)c1. The normalized spacial score (nSPS) is 9.06. The van der Waals surface area contributed by atoms with E-state index >= 15 is 0 Å². The van der Waals surface area contributed by atoms with E-state index in [1.807, 2.05) is 18.2 Å². The van der Waals surface area contributed by atoms with E-state index in [4.69, 9.17) is 15.8 Å². The summed E-state index contributed by atoms with van der Waals surface area (Å²) in [5.74, 6) is 0. The van der Waals surface area contributed by atoms with Crippen molar-refractivity contribution in [2.75, 3.05) is 0 Å². The quantitative estimate of drug-likeness (QED) is 0.657. The molecule has 0 bridgehead atoms. The molecular weight excluding hydrogens is 198 g/mol. The van der Waals surface area contributed by atoms with E-state index in [2.05, 4.69) is 6.07 Å². The summed E-state index contributed by atoms with van der Waals surface area (Å²) in [5.41, 5.74) is 1.08. The average Bonchev–Trinajstić information content (AvgIpc) is 2.36. The standard InChI is InChI=1S/C13H4N3/c14-6-9-4-11(8-16)12-3-1-2-10(7-15)13(12)5-9/h1-4H. The summed E-state index contributed by atoms with van der Waals surface area (Å²) in [6.45, 7) is 0. The molecule has 0 heterocycles. The van der Waals surface area contributed by atoms with Gasteiger partial charge in [-0.25, -0.2) is 0 Å². The number of fused-ring (bicyclic) bond motifs is 1. The highest BCUT2D eigenvalue weighted by molar-refractivity contribution is 5.92. The van der Waals surface area contributed by atoms with Crippen molar-refractivity contribution in [1.82, 2.24) is 0 Å². The van der Waals surface area contributed by atoms with Gasteiger partial charge in [0.2, 0.25) is 0 Å². The summed E-state index contributed by atoms with van der Waals surface area (Å²) in [6, 6.07) is 15.4. The lowest BCUT2D eigenvalue weighted by Gasteiger charge is -2.01. The Morgan fingerprint density at radius 3 is 2.31 bits per heavy atom. The second kappa shape index (κ2) is 3.73. The molecule has 0 aliphatic carbocycles. The van der Waals surface area contributed by atoms with E-state index in [-0.39, 0.29) is 5.56 Å². The van der Waals surface area contributed by atoms with Crippen molar-refractivity contribution in [2.45, 2.75) is 0 Å². The fourth-order valence-corrected chi connectivity index (χ4v) is 1.55. The minimum absolute atomic E-state index is 0.270. The van der Waals surface area contributed by atoms with Gasteiger partial charge in [-0.05, 0) is 12.1 Å². The van der Waals surface area contributed by atoms with Crippen LogP contribution in [0.2, 0.25) is 0 Å². The predicted octanol–water partition coefficient (Wildman–Crippen LogP) is 2.26. The van der Waals surface area contributed by atoms with Gasteiger partial charge in [0.05, 0.1) is 34.9 Å². The van der Waals surface area contributed by atoms with Gasteiger partial charge in [0, 0.05) is 16.8 Å². The van der Waals surface area contributed by atoms with Crippen LogP contribution in [-0.4, -0.2) is 0 Å². The van der Waals surface area contributed by atoms with Crippen molar-refractivity contribution in [3.63, 3.8) is 0 Å². The fraction of sp³-hybridized carbons (Fsp3) is 0. The lowest BCUT2D eigenvalue weighted by atomic mass is 9.98. The van der Waals surface area contributed by atoms with Gasteiger partial charge in [-0.2, -0.15) is 15.8 Å². The van der Waals surface area contributed by atoms with Crippen molar-refractivity contribution in [1.29, 1.82) is 15.8 Å². The molecule has 2 aromatic carbocycles. The Balaban J connectivity index is 2.99. The predicted molar refractivity (Wildman–Crippen MR) is 56.9 cm³/mol. The molecule has 16 heavy (non-hydrogen) atoms. The van der Waals surface area contributed by atoms with Crippen LogP contribution in [0.5, 0.6) is 0 Å². The number of rotatable bonds is 0. The maximum absolute atomic E-state index is 8.96. The van der Waals surface area contributed by atoms with Gasteiger partial charge >= 0.3 is 0 Å². The monoisotopic (exact) mass is 202 g/mol. The Hall–Kier alpha value is -2.83. The van der Waals surface area contributed by atoms with Crippen LogP contribution in [0.15, 0.2) is 24.3 Å². The zero-order chi connectivity index (χ0) is 11.5. The molecule has 0 saturated heterocycles. The number of benzene rings is 2. The molecule has 0 fully saturated rings. The van der Waals surface area contributed by atoms with Crippen molar-refractivity contribution in [3.8, 4) is 18.2 Å². The van der Waals surface area contributed by atoms with Gasteiger partial charge in [-0.15, -0.1) is 0 Å². The highest BCUT2D eigenvalue weighted by Gasteiger charge is 2.07. The summed E-state index contributed by atoms with van der Waals surface area (Å²) in [7, 11) is 0. The first-order chi connectivity index (χ1) is 7.80. The molecule has 0 aromatic heterocycles. The molecule has 0 aliphatic heterocycles. The molecule has 71 valence electrons. The minimum Gasteiger partial charge on any atom is -0.192 e. The maximum Gasteiger partial charge on any atom is 0.0998 e. The van der Waals surface area contributed by atoms with E-state index in [0.29, 0.717) is 21.9 Å². The lowest BCUT2D eigenvalue weighted by Crippen LogP contribution is -1.87. The van der Waals surface area contributed by atoms with Crippen LogP contribution in [0, 0.1) is 40.1 Å². The van der Waals surface area contributed by atoms with E-state index in [9.17, 15) is 0 Å². The topological polar surface area (TPSA) is 71.4 Å². The van der Waals surface area contributed by atoms with Gasteiger partial charge in [0.25, 0.3) is 0 Å². The Bertz CT molecular complexity index is 694. The lowest BCUT2D eigenvalue weighted by molar-refractivity contribution is 1.46. The average molecular weight is 202 g/mol. The van der Waals surface area contributed by atoms with Crippen LogP contribution >= 0.6 is 0 Å². The Labute approximate surface area is 92.4 Å². The zero-order valence-corrected chi connectivity index (χ0v) is 8.15. The van der Waals surface area contributed by atoms with E-state index in [1.165, 1.54) is 6.07 Å². The largest absolute Gasteiger partial charge is 0.192 e. The van der Waals surface area contributed by atoms with Crippen LogP contribution < -0.4 is 0 Å². The molecule has 3 nitrogen and oxygen atoms in total. The summed E-state index contributed by atoms with van der Waals surface area (Å²) in [4.78, 5) is 0. The molecule has 1 radical (unpaired) electrons. The van der Waals surface area contributed by atoms with Gasteiger partial charge in [-0.3, -0.25) is 0 Å².